The maximum atomic E-state index is 12.8. The van der Waals surface area contributed by atoms with E-state index in [1.54, 1.807) is 0 Å². The first kappa shape index (κ1) is 20.0. The van der Waals surface area contributed by atoms with E-state index in [-0.39, 0.29) is 18.4 Å². The van der Waals surface area contributed by atoms with E-state index in [1.165, 1.54) is 0 Å². The van der Waals surface area contributed by atoms with Gasteiger partial charge in [0.2, 0.25) is 5.91 Å². The molecule has 0 aliphatic heterocycles. The number of primary amides is 1. The van der Waals surface area contributed by atoms with Gasteiger partial charge in [0.15, 0.2) is 0 Å². The third kappa shape index (κ3) is 6.22. The average molecular weight is 333 g/mol. The summed E-state index contributed by atoms with van der Waals surface area (Å²) in [5.41, 5.74) is 7.28. The molecule has 1 unspecified atom stereocenters. The molecule has 0 heterocycles. The zero-order valence-corrected chi connectivity index (χ0v) is 15.3. The van der Waals surface area contributed by atoms with Crippen molar-refractivity contribution in [1.29, 1.82) is 0 Å². The molecule has 5 nitrogen and oxygen atoms in total. The predicted octanol–water partition coefficient (Wildman–Crippen LogP) is 3.52. The SMILES string of the molecule is CCCCCN(C(=O)CC(NC(N)=O)c1ccccc1C)C(C)C. The van der Waals surface area contributed by atoms with Gasteiger partial charge in [0, 0.05) is 12.6 Å². The maximum absolute atomic E-state index is 12.8. The maximum Gasteiger partial charge on any atom is 0.312 e. The van der Waals surface area contributed by atoms with Gasteiger partial charge in [0.1, 0.15) is 0 Å². The van der Waals surface area contributed by atoms with Crippen LogP contribution in [-0.2, 0) is 4.79 Å². The lowest BCUT2D eigenvalue weighted by Gasteiger charge is -2.29. The number of rotatable bonds is 9. The fourth-order valence-electron chi connectivity index (χ4n) is 2.88. The van der Waals surface area contributed by atoms with Crippen molar-refractivity contribution in [3.05, 3.63) is 35.4 Å². The predicted molar refractivity (Wildman–Crippen MR) is 97.6 cm³/mol. The minimum Gasteiger partial charge on any atom is -0.352 e. The van der Waals surface area contributed by atoms with Gasteiger partial charge in [-0.2, -0.15) is 0 Å². The van der Waals surface area contributed by atoms with E-state index in [9.17, 15) is 9.59 Å². The molecular formula is C19H31N3O2. The van der Waals surface area contributed by atoms with E-state index in [1.807, 2.05) is 49.9 Å². The summed E-state index contributed by atoms with van der Waals surface area (Å²) in [6.45, 7) is 8.91. The Morgan fingerprint density at radius 3 is 2.42 bits per heavy atom. The molecular weight excluding hydrogens is 302 g/mol. The van der Waals surface area contributed by atoms with Crippen molar-refractivity contribution in [3.63, 3.8) is 0 Å². The molecule has 1 rings (SSSR count). The van der Waals surface area contributed by atoms with Gasteiger partial charge in [0.25, 0.3) is 0 Å². The standard InChI is InChI=1S/C19H31N3O2/c1-5-6-9-12-22(14(2)3)18(23)13-17(21-19(20)24)16-11-8-7-10-15(16)4/h7-8,10-11,14,17H,5-6,9,12-13H2,1-4H3,(H3,20,21,24). The molecule has 0 saturated carbocycles. The van der Waals surface area contributed by atoms with E-state index in [0.717, 1.165) is 36.9 Å². The van der Waals surface area contributed by atoms with Gasteiger partial charge in [-0.1, -0.05) is 44.0 Å². The van der Waals surface area contributed by atoms with E-state index in [4.69, 9.17) is 5.73 Å². The molecule has 0 spiro atoms. The minimum absolute atomic E-state index is 0.0445. The number of carbonyl (C=O) groups is 2. The van der Waals surface area contributed by atoms with Crippen LogP contribution in [0.15, 0.2) is 24.3 Å². The number of amides is 3. The molecule has 0 aliphatic carbocycles. The van der Waals surface area contributed by atoms with Crippen molar-refractivity contribution in [2.45, 2.75) is 65.5 Å². The summed E-state index contributed by atoms with van der Waals surface area (Å²) in [6, 6.07) is 6.87. The van der Waals surface area contributed by atoms with Crippen LogP contribution in [0.4, 0.5) is 4.79 Å². The fraction of sp³-hybridized carbons (Fsp3) is 0.579. The molecule has 0 aliphatic rings. The van der Waals surface area contributed by atoms with Crippen LogP contribution in [-0.4, -0.2) is 29.4 Å². The third-order valence-corrected chi connectivity index (χ3v) is 4.21. The summed E-state index contributed by atoms with van der Waals surface area (Å²) >= 11 is 0. The Hall–Kier alpha value is -2.04. The van der Waals surface area contributed by atoms with Crippen LogP contribution in [0.5, 0.6) is 0 Å². The van der Waals surface area contributed by atoms with Gasteiger partial charge in [-0.3, -0.25) is 4.79 Å². The summed E-state index contributed by atoms with van der Waals surface area (Å²) in [5, 5.41) is 2.72. The monoisotopic (exact) mass is 333 g/mol. The van der Waals surface area contributed by atoms with Crippen molar-refractivity contribution in [2.75, 3.05) is 6.54 Å². The second-order valence-electron chi connectivity index (χ2n) is 6.51. The average Bonchev–Trinajstić information content (AvgIpc) is 2.50. The molecule has 0 bridgehead atoms. The van der Waals surface area contributed by atoms with Crippen molar-refractivity contribution in [1.82, 2.24) is 10.2 Å². The van der Waals surface area contributed by atoms with E-state index in [2.05, 4.69) is 12.2 Å². The number of unbranched alkanes of at least 4 members (excludes halogenated alkanes) is 2. The first-order valence-corrected chi connectivity index (χ1v) is 8.77. The second-order valence-corrected chi connectivity index (χ2v) is 6.51. The number of nitrogens with two attached hydrogens (primary N) is 1. The topological polar surface area (TPSA) is 75.4 Å². The molecule has 5 heteroatoms. The van der Waals surface area contributed by atoms with Crippen LogP contribution in [0.25, 0.3) is 0 Å². The molecule has 1 aromatic carbocycles. The number of nitrogens with one attached hydrogen (secondary N) is 1. The van der Waals surface area contributed by atoms with Crippen LogP contribution >= 0.6 is 0 Å². The number of carbonyl (C=O) groups excluding carboxylic acids is 2. The second kappa shape index (κ2) is 9.96. The van der Waals surface area contributed by atoms with Gasteiger partial charge < -0.3 is 16.0 Å². The number of urea groups is 1. The lowest BCUT2D eigenvalue weighted by Crippen LogP contribution is -2.41. The normalized spacial score (nSPS) is 12.0. The Kier molecular flexibility index (Phi) is 8.30. The lowest BCUT2D eigenvalue weighted by atomic mass is 9.98. The van der Waals surface area contributed by atoms with Gasteiger partial charge in [-0.15, -0.1) is 0 Å². The van der Waals surface area contributed by atoms with Crippen molar-refractivity contribution in [2.24, 2.45) is 5.73 Å². The summed E-state index contributed by atoms with van der Waals surface area (Å²) in [6.07, 6.45) is 3.45. The van der Waals surface area contributed by atoms with Crippen LogP contribution in [0.2, 0.25) is 0 Å². The smallest absolute Gasteiger partial charge is 0.312 e. The van der Waals surface area contributed by atoms with Gasteiger partial charge in [-0.05, 0) is 38.3 Å². The molecule has 1 aromatic rings. The van der Waals surface area contributed by atoms with E-state index >= 15 is 0 Å². The van der Waals surface area contributed by atoms with Crippen molar-refractivity contribution in [3.8, 4) is 0 Å². The number of hydrogen-bond donors (Lipinski definition) is 2. The Labute approximate surface area is 145 Å². The van der Waals surface area contributed by atoms with Crippen LogP contribution in [0.3, 0.4) is 0 Å². The van der Waals surface area contributed by atoms with Crippen LogP contribution in [0.1, 0.15) is 63.6 Å². The van der Waals surface area contributed by atoms with Gasteiger partial charge in [-0.25, -0.2) is 4.79 Å². The molecule has 3 N–H and O–H groups in total. The van der Waals surface area contributed by atoms with Gasteiger partial charge >= 0.3 is 6.03 Å². The van der Waals surface area contributed by atoms with Crippen molar-refractivity contribution >= 4 is 11.9 Å². The molecule has 0 aromatic heterocycles. The quantitative estimate of drug-likeness (QED) is 0.678. The molecule has 134 valence electrons. The van der Waals surface area contributed by atoms with E-state index < -0.39 is 12.1 Å². The molecule has 3 amide bonds. The Bertz CT molecular complexity index is 543. The lowest BCUT2D eigenvalue weighted by molar-refractivity contribution is -0.133. The molecule has 24 heavy (non-hydrogen) atoms. The zero-order chi connectivity index (χ0) is 18.1. The Morgan fingerprint density at radius 1 is 1.21 bits per heavy atom. The number of benzene rings is 1. The van der Waals surface area contributed by atoms with Gasteiger partial charge in [0.05, 0.1) is 12.5 Å². The zero-order valence-electron chi connectivity index (χ0n) is 15.3. The minimum atomic E-state index is -0.613. The summed E-state index contributed by atoms with van der Waals surface area (Å²) in [5.74, 6) is 0.0445. The fourth-order valence-corrected chi connectivity index (χ4v) is 2.88. The van der Waals surface area contributed by atoms with E-state index in [0.29, 0.717) is 0 Å². The highest BCUT2D eigenvalue weighted by molar-refractivity contribution is 5.79. The molecule has 0 fully saturated rings. The summed E-state index contributed by atoms with van der Waals surface area (Å²) in [7, 11) is 0. The number of aryl methyl sites for hydroxylation is 1. The Morgan fingerprint density at radius 2 is 1.88 bits per heavy atom. The largest absolute Gasteiger partial charge is 0.352 e. The van der Waals surface area contributed by atoms with Crippen LogP contribution < -0.4 is 11.1 Å². The highest BCUT2D eigenvalue weighted by Crippen LogP contribution is 2.22. The van der Waals surface area contributed by atoms with Crippen LogP contribution in [0, 0.1) is 6.92 Å². The molecule has 0 radical (unpaired) electrons. The molecule has 1 atom stereocenters. The first-order chi connectivity index (χ1) is 11.4. The Balaban J connectivity index is 2.89. The number of nitrogens with zero attached hydrogens (tertiary/aromatic N) is 1. The van der Waals surface area contributed by atoms with Crippen molar-refractivity contribution < 1.29 is 9.59 Å². The highest BCUT2D eigenvalue weighted by atomic mass is 16.2. The number of hydrogen-bond acceptors (Lipinski definition) is 2. The first-order valence-electron chi connectivity index (χ1n) is 8.77. The third-order valence-electron chi connectivity index (χ3n) is 4.21. The summed E-state index contributed by atoms with van der Waals surface area (Å²) < 4.78 is 0. The molecule has 0 saturated heterocycles. The summed E-state index contributed by atoms with van der Waals surface area (Å²) in [4.78, 5) is 26.1. The highest BCUT2D eigenvalue weighted by Gasteiger charge is 2.23.